The van der Waals surface area contributed by atoms with Crippen LogP contribution in [0, 0.1) is 5.92 Å². The van der Waals surface area contributed by atoms with Gasteiger partial charge in [0.15, 0.2) is 5.69 Å². The average Bonchev–Trinajstić information content (AvgIpc) is 3.28. The lowest BCUT2D eigenvalue weighted by molar-refractivity contribution is -0.120. The van der Waals surface area contributed by atoms with Crippen LogP contribution in [-0.4, -0.2) is 40.0 Å². The first kappa shape index (κ1) is 24.0. The molecule has 0 saturated carbocycles. The van der Waals surface area contributed by atoms with E-state index in [-0.39, 0.29) is 42.5 Å². The molecule has 180 valence electrons. The van der Waals surface area contributed by atoms with E-state index in [9.17, 15) is 14.4 Å². The number of carbonyl (C=O) groups excluding carboxylic acids is 1. The number of H-pyrrole nitrogens is 1. The summed E-state index contributed by atoms with van der Waals surface area (Å²) in [6, 6.07) is 11.6. The number of anilines is 2. The molecule has 1 aliphatic heterocycles. The summed E-state index contributed by atoms with van der Waals surface area (Å²) < 4.78 is 1.31. The van der Waals surface area contributed by atoms with Crippen molar-refractivity contribution in [2.75, 3.05) is 30.3 Å². The molecule has 3 heterocycles. The Labute approximate surface area is 202 Å². The number of nitrogen functional groups attached to an aromatic ring is 1. The minimum absolute atomic E-state index is 0.00147. The van der Waals surface area contributed by atoms with Gasteiger partial charge in [-0.2, -0.15) is 0 Å². The quantitative estimate of drug-likeness (QED) is 0.540. The predicted octanol–water partition coefficient (Wildman–Crippen LogP) is 2.84. The van der Waals surface area contributed by atoms with E-state index < -0.39 is 11.2 Å². The van der Waals surface area contributed by atoms with E-state index in [1.807, 2.05) is 44.2 Å². The van der Waals surface area contributed by atoms with Gasteiger partial charge in [-0.25, -0.2) is 4.79 Å². The second kappa shape index (κ2) is 9.99. The molecule has 0 saturated heterocycles. The standard InChI is InChI=1S/C25H31N5O3S/c1-16(2)13-29(21(31)15-28-11-9-20-19(17(28)3)10-12-34-20)22-23(26)30(25(33)27-24(22)32)14-18-7-5-4-6-8-18/h4-8,10,12,16-17H,9,11,13-15,26H2,1-3H3,(H,27,32,33). The van der Waals surface area contributed by atoms with Crippen molar-refractivity contribution in [2.45, 2.75) is 39.8 Å². The van der Waals surface area contributed by atoms with E-state index in [1.165, 1.54) is 19.9 Å². The molecule has 1 unspecified atom stereocenters. The Morgan fingerprint density at radius 1 is 1.24 bits per heavy atom. The maximum Gasteiger partial charge on any atom is 0.330 e. The van der Waals surface area contributed by atoms with Gasteiger partial charge in [-0.15, -0.1) is 11.3 Å². The van der Waals surface area contributed by atoms with Crippen LogP contribution < -0.4 is 21.9 Å². The number of nitrogens with one attached hydrogen (secondary N) is 1. The molecule has 3 N–H and O–H groups in total. The molecule has 1 atom stereocenters. The predicted molar refractivity (Wildman–Crippen MR) is 136 cm³/mol. The fraction of sp³-hybridized carbons (Fsp3) is 0.400. The number of benzene rings is 1. The zero-order chi connectivity index (χ0) is 24.4. The molecule has 1 amide bonds. The van der Waals surface area contributed by atoms with E-state index >= 15 is 0 Å². The summed E-state index contributed by atoms with van der Waals surface area (Å²) in [5.74, 6) is -0.112. The number of aromatic nitrogens is 2. The van der Waals surface area contributed by atoms with Crippen molar-refractivity contribution in [1.29, 1.82) is 0 Å². The molecule has 9 heteroatoms. The van der Waals surface area contributed by atoms with Crippen LogP contribution in [0.5, 0.6) is 0 Å². The first-order valence-electron chi connectivity index (χ1n) is 11.5. The number of hydrogen-bond donors (Lipinski definition) is 2. The van der Waals surface area contributed by atoms with Gasteiger partial charge in [-0.05, 0) is 41.8 Å². The third kappa shape index (κ3) is 4.85. The highest BCUT2D eigenvalue weighted by atomic mass is 32.1. The van der Waals surface area contributed by atoms with Crippen LogP contribution in [0.4, 0.5) is 11.5 Å². The van der Waals surface area contributed by atoms with Gasteiger partial charge in [0.25, 0.3) is 5.56 Å². The van der Waals surface area contributed by atoms with Gasteiger partial charge < -0.3 is 10.6 Å². The Bertz CT molecular complexity index is 1280. The van der Waals surface area contributed by atoms with Crippen LogP contribution in [0.2, 0.25) is 0 Å². The summed E-state index contributed by atoms with van der Waals surface area (Å²) in [4.78, 5) is 46.4. The van der Waals surface area contributed by atoms with E-state index in [1.54, 1.807) is 11.3 Å². The summed E-state index contributed by atoms with van der Waals surface area (Å²) in [5, 5.41) is 2.09. The fourth-order valence-corrected chi connectivity index (χ4v) is 5.44. The van der Waals surface area contributed by atoms with Gasteiger partial charge >= 0.3 is 5.69 Å². The number of fused-ring (bicyclic) bond motifs is 1. The Morgan fingerprint density at radius 2 is 1.97 bits per heavy atom. The minimum atomic E-state index is -0.646. The molecule has 3 aromatic rings. The topological polar surface area (TPSA) is 104 Å². The zero-order valence-electron chi connectivity index (χ0n) is 19.8. The zero-order valence-corrected chi connectivity index (χ0v) is 20.6. The molecule has 0 spiro atoms. The monoisotopic (exact) mass is 481 g/mol. The lowest BCUT2D eigenvalue weighted by Gasteiger charge is -2.35. The second-order valence-corrected chi connectivity index (χ2v) is 10.2. The highest BCUT2D eigenvalue weighted by Gasteiger charge is 2.30. The number of nitrogens with two attached hydrogens (primary N) is 1. The van der Waals surface area contributed by atoms with Crippen LogP contribution in [0.15, 0.2) is 51.4 Å². The number of hydrogen-bond acceptors (Lipinski definition) is 6. The lowest BCUT2D eigenvalue weighted by atomic mass is 10.0. The second-order valence-electron chi connectivity index (χ2n) is 9.16. The Kier molecular flexibility index (Phi) is 7.04. The molecule has 2 aromatic heterocycles. The molecule has 1 aliphatic rings. The van der Waals surface area contributed by atoms with E-state index in [4.69, 9.17) is 5.73 Å². The molecule has 0 aliphatic carbocycles. The van der Waals surface area contributed by atoms with Crippen molar-refractivity contribution in [1.82, 2.24) is 14.5 Å². The molecular weight excluding hydrogens is 450 g/mol. The number of carbonyl (C=O) groups is 1. The van der Waals surface area contributed by atoms with Gasteiger partial charge in [-0.3, -0.25) is 24.0 Å². The minimum Gasteiger partial charge on any atom is -0.383 e. The van der Waals surface area contributed by atoms with Gasteiger partial charge in [-0.1, -0.05) is 44.2 Å². The van der Waals surface area contributed by atoms with Gasteiger partial charge in [0.2, 0.25) is 5.91 Å². The van der Waals surface area contributed by atoms with Crippen molar-refractivity contribution in [2.24, 2.45) is 5.92 Å². The number of thiophene rings is 1. The Morgan fingerprint density at radius 3 is 2.68 bits per heavy atom. The van der Waals surface area contributed by atoms with E-state index in [0.717, 1.165) is 18.5 Å². The van der Waals surface area contributed by atoms with Crippen LogP contribution in [-0.2, 0) is 17.8 Å². The van der Waals surface area contributed by atoms with Crippen LogP contribution >= 0.6 is 11.3 Å². The van der Waals surface area contributed by atoms with E-state index in [0.29, 0.717) is 6.54 Å². The van der Waals surface area contributed by atoms with Crippen molar-refractivity contribution in [3.8, 4) is 0 Å². The first-order valence-corrected chi connectivity index (χ1v) is 12.4. The van der Waals surface area contributed by atoms with Crippen LogP contribution in [0.25, 0.3) is 0 Å². The molecule has 0 bridgehead atoms. The summed E-state index contributed by atoms with van der Waals surface area (Å²) in [6.07, 6.45) is 0.902. The molecule has 0 fully saturated rings. The van der Waals surface area contributed by atoms with Crippen molar-refractivity contribution >= 4 is 28.7 Å². The number of rotatable bonds is 7. The summed E-state index contributed by atoms with van der Waals surface area (Å²) in [7, 11) is 0. The fourth-order valence-electron chi connectivity index (χ4n) is 4.48. The van der Waals surface area contributed by atoms with Crippen molar-refractivity contribution < 1.29 is 4.79 Å². The molecule has 1 aromatic carbocycles. The van der Waals surface area contributed by atoms with Crippen LogP contribution in [0.1, 0.15) is 42.8 Å². The van der Waals surface area contributed by atoms with Crippen molar-refractivity contribution in [3.63, 3.8) is 0 Å². The third-order valence-electron chi connectivity index (χ3n) is 6.26. The molecule has 34 heavy (non-hydrogen) atoms. The summed E-state index contributed by atoms with van der Waals surface area (Å²) >= 11 is 1.75. The maximum atomic E-state index is 13.6. The Hall–Kier alpha value is -3.17. The lowest BCUT2D eigenvalue weighted by Crippen LogP contribution is -2.48. The molecular formula is C25H31N5O3S. The van der Waals surface area contributed by atoms with Gasteiger partial charge in [0.1, 0.15) is 5.82 Å². The van der Waals surface area contributed by atoms with Gasteiger partial charge in [0, 0.05) is 24.0 Å². The normalized spacial score (nSPS) is 15.9. The first-order chi connectivity index (χ1) is 16.3. The van der Waals surface area contributed by atoms with E-state index in [2.05, 4.69) is 28.3 Å². The number of amides is 1. The van der Waals surface area contributed by atoms with Crippen LogP contribution in [0.3, 0.4) is 0 Å². The summed E-state index contributed by atoms with van der Waals surface area (Å²) in [5.41, 5.74) is 7.31. The average molecular weight is 482 g/mol. The molecule has 0 radical (unpaired) electrons. The highest BCUT2D eigenvalue weighted by Crippen LogP contribution is 2.33. The highest BCUT2D eigenvalue weighted by molar-refractivity contribution is 7.10. The Balaban J connectivity index is 1.67. The SMILES string of the molecule is CC(C)CN(C(=O)CN1CCc2sccc2C1C)c1c(N)n(Cc2ccccc2)c(=O)[nH]c1=O. The number of aromatic amines is 1. The third-order valence-corrected chi connectivity index (χ3v) is 7.25. The number of nitrogens with zero attached hydrogens (tertiary/aromatic N) is 3. The summed E-state index contributed by atoms with van der Waals surface area (Å²) in [6.45, 7) is 7.52. The van der Waals surface area contributed by atoms with Gasteiger partial charge in [0.05, 0.1) is 13.1 Å². The largest absolute Gasteiger partial charge is 0.383 e. The smallest absolute Gasteiger partial charge is 0.330 e. The molecule has 4 rings (SSSR count). The maximum absolute atomic E-state index is 13.6. The van der Waals surface area contributed by atoms with Crippen molar-refractivity contribution in [3.05, 3.63) is 78.6 Å². The molecule has 8 nitrogen and oxygen atoms in total.